The third-order valence-corrected chi connectivity index (χ3v) is 5.35. The summed E-state index contributed by atoms with van der Waals surface area (Å²) in [6.07, 6.45) is 1.99. The number of carbonyl (C=O) groups is 2. The molecule has 0 aromatic heterocycles. The highest BCUT2D eigenvalue weighted by Gasteiger charge is 2.32. The van der Waals surface area contributed by atoms with Gasteiger partial charge >= 0.3 is 5.97 Å². The molecule has 1 atom stereocenters. The Kier molecular flexibility index (Phi) is 15.2. The number of unbranched alkanes of at least 4 members (excludes halogenated alkanes) is 1. The molecule has 0 saturated carbocycles. The average molecular weight is 484 g/mol. The Bertz CT molecular complexity index is 942. The molecule has 0 saturated heterocycles. The van der Waals surface area contributed by atoms with Crippen LogP contribution in [0.5, 0.6) is 0 Å². The molecule has 8 heteroatoms. The SMILES string of the molecule is CC.CCCCC(=O)N(Cc1ccc(-c2ccccc2C(N)=NC)cc1)C(C(=O)O)C(C)C.N=N. The van der Waals surface area contributed by atoms with Gasteiger partial charge in [-0.25, -0.2) is 15.9 Å². The maximum Gasteiger partial charge on any atom is 0.326 e. The number of carbonyl (C=O) groups excluding carboxylic acids is 1. The van der Waals surface area contributed by atoms with E-state index in [1.165, 1.54) is 4.90 Å². The molecule has 1 unspecified atom stereocenters. The molecule has 0 radical (unpaired) electrons. The molecule has 1 amide bonds. The van der Waals surface area contributed by atoms with E-state index in [4.69, 9.17) is 16.8 Å². The van der Waals surface area contributed by atoms with Crippen LogP contribution in [0.1, 0.15) is 65.0 Å². The number of nitrogens with zero attached hydrogens (tertiary/aromatic N) is 2. The maximum atomic E-state index is 12.8. The van der Waals surface area contributed by atoms with Crippen molar-refractivity contribution in [3.63, 3.8) is 0 Å². The van der Waals surface area contributed by atoms with E-state index in [-0.39, 0.29) is 18.4 Å². The van der Waals surface area contributed by atoms with Gasteiger partial charge in [-0.1, -0.05) is 89.6 Å². The van der Waals surface area contributed by atoms with Crippen molar-refractivity contribution in [1.82, 2.24) is 4.90 Å². The zero-order valence-electron chi connectivity index (χ0n) is 21.8. The van der Waals surface area contributed by atoms with Crippen LogP contribution in [0, 0.1) is 17.0 Å². The lowest BCUT2D eigenvalue weighted by molar-refractivity contribution is -0.153. The minimum atomic E-state index is -0.972. The lowest BCUT2D eigenvalue weighted by Gasteiger charge is -2.32. The number of rotatable bonds is 10. The summed E-state index contributed by atoms with van der Waals surface area (Å²) in [5.41, 5.74) is 19.7. The third kappa shape index (κ3) is 9.31. The van der Waals surface area contributed by atoms with Crippen molar-refractivity contribution in [3.05, 3.63) is 59.7 Å². The smallest absolute Gasteiger partial charge is 0.326 e. The fraction of sp³-hybridized carbons (Fsp3) is 0.444. The number of benzene rings is 2. The quantitative estimate of drug-likeness (QED) is 0.188. The van der Waals surface area contributed by atoms with Gasteiger partial charge in [0.15, 0.2) is 0 Å². The molecule has 8 nitrogen and oxygen atoms in total. The summed E-state index contributed by atoms with van der Waals surface area (Å²) in [5, 5.41) is 9.75. The van der Waals surface area contributed by atoms with E-state index < -0.39 is 12.0 Å². The standard InChI is InChI=1S/C25H33N3O3.C2H6.H2N2/c1-5-6-11-22(29)28(23(17(2)3)25(30)31)16-18-12-14-19(15-13-18)20-9-7-8-10-21(20)24(26)27-4;2*1-2/h7-10,12-15,17,23H,5-6,11,16H2,1-4H3,(H2,26,27)(H,30,31);1-2H3;1-2H. The monoisotopic (exact) mass is 483 g/mol. The van der Waals surface area contributed by atoms with Crippen LogP contribution in [-0.2, 0) is 16.1 Å². The molecular weight excluding hydrogens is 442 g/mol. The van der Waals surface area contributed by atoms with Crippen molar-refractivity contribution < 1.29 is 14.7 Å². The number of aliphatic carboxylic acids is 1. The van der Waals surface area contributed by atoms with Gasteiger partial charge in [0.05, 0.1) is 0 Å². The first-order chi connectivity index (χ1) is 16.8. The molecule has 0 bridgehead atoms. The first-order valence-electron chi connectivity index (χ1n) is 12.0. The number of carboxylic acids is 1. The first-order valence-corrected chi connectivity index (χ1v) is 12.0. The molecule has 0 aliphatic rings. The summed E-state index contributed by atoms with van der Waals surface area (Å²) >= 11 is 0. The molecule has 0 aliphatic heterocycles. The Balaban J connectivity index is 0.00000274. The molecule has 0 aliphatic carbocycles. The molecule has 2 aromatic carbocycles. The molecule has 192 valence electrons. The lowest BCUT2D eigenvalue weighted by atomic mass is 9.97. The normalized spacial score (nSPS) is 11.5. The van der Waals surface area contributed by atoms with Crippen LogP contribution >= 0.6 is 0 Å². The van der Waals surface area contributed by atoms with Crippen LogP contribution in [-0.4, -0.2) is 40.8 Å². The van der Waals surface area contributed by atoms with E-state index in [1.807, 2.05) is 83.1 Å². The third-order valence-electron chi connectivity index (χ3n) is 5.35. The molecule has 0 spiro atoms. The minimum absolute atomic E-state index is 0.121. The number of carboxylic acid groups (broad SMARTS) is 1. The Morgan fingerprint density at radius 1 is 1.06 bits per heavy atom. The van der Waals surface area contributed by atoms with Crippen LogP contribution in [0.15, 0.2) is 53.5 Å². The number of nitrogens with two attached hydrogens (primary N) is 1. The summed E-state index contributed by atoms with van der Waals surface area (Å²) < 4.78 is 0. The molecular formula is C27H41N5O3. The van der Waals surface area contributed by atoms with E-state index >= 15 is 0 Å². The number of hydrogen-bond acceptors (Lipinski definition) is 5. The molecule has 5 N–H and O–H groups in total. The van der Waals surface area contributed by atoms with Crippen molar-refractivity contribution in [1.29, 1.82) is 11.1 Å². The molecule has 0 heterocycles. The lowest BCUT2D eigenvalue weighted by Crippen LogP contribution is -2.47. The summed E-state index contributed by atoms with van der Waals surface area (Å²) in [6.45, 7) is 9.94. The second-order valence-corrected chi connectivity index (χ2v) is 8.00. The highest BCUT2D eigenvalue weighted by atomic mass is 16.4. The van der Waals surface area contributed by atoms with Crippen LogP contribution in [0.25, 0.3) is 11.1 Å². The zero-order chi connectivity index (χ0) is 27.0. The zero-order valence-corrected chi connectivity index (χ0v) is 21.8. The maximum absolute atomic E-state index is 12.8. The predicted molar refractivity (Wildman–Crippen MR) is 142 cm³/mol. The fourth-order valence-corrected chi connectivity index (χ4v) is 3.66. The number of nitrogens with one attached hydrogen (secondary N) is 2. The summed E-state index contributed by atoms with van der Waals surface area (Å²) in [6, 6.07) is 14.7. The Labute approximate surface area is 209 Å². The number of amidine groups is 1. The van der Waals surface area contributed by atoms with Crippen molar-refractivity contribution in [2.75, 3.05) is 7.05 Å². The summed E-state index contributed by atoms with van der Waals surface area (Å²) in [5.74, 6) is -0.817. The van der Waals surface area contributed by atoms with Gasteiger partial charge in [-0.05, 0) is 29.0 Å². The minimum Gasteiger partial charge on any atom is -0.480 e. The second kappa shape index (κ2) is 17.0. The van der Waals surface area contributed by atoms with Gasteiger partial charge in [0.25, 0.3) is 0 Å². The second-order valence-electron chi connectivity index (χ2n) is 8.00. The highest BCUT2D eigenvalue weighted by molar-refractivity contribution is 6.03. The average Bonchev–Trinajstić information content (AvgIpc) is 2.88. The first kappa shape index (κ1) is 31.4. The molecule has 35 heavy (non-hydrogen) atoms. The van der Waals surface area contributed by atoms with Gasteiger partial charge in [-0.3, -0.25) is 9.79 Å². The summed E-state index contributed by atoms with van der Waals surface area (Å²) in [7, 11) is 1.66. The van der Waals surface area contributed by atoms with Gasteiger partial charge in [-0.15, -0.1) is 0 Å². The largest absolute Gasteiger partial charge is 0.480 e. The van der Waals surface area contributed by atoms with Crippen molar-refractivity contribution >= 4 is 17.7 Å². The van der Waals surface area contributed by atoms with Gasteiger partial charge < -0.3 is 15.7 Å². The van der Waals surface area contributed by atoms with E-state index in [0.29, 0.717) is 12.3 Å². The predicted octanol–water partition coefficient (Wildman–Crippen LogP) is 5.94. The van der Waals surface area contributed by atoms with E-state index in [1.54, 1.807) is 7.05 Å². The summed E-state index contributed by atoms with van der Waals surface area (Å²) in [4.78, 5) is 30.3. The van der Waals surface area contributed by atoms with Gasteiger partial charge in [0, 0.05) is 25.6 Å². The van der Waals surface area contributed by atoms with Crippen molar-refractivity contribution in [3.8, 4) is 11.1 Å². The number of amides is 1. The highest BCUT2D eigenvalue weighted by Crippen LogP contribution is 2.25. The molecule has 0 fully saturated rings. The van der Waals surface area contributed by atoms with Crippen LogP contribution in [0.3, 0.4) is 0 Å². The van der Waals surface area contributed by atoms with E-state index in [9.17, 15) is 14.7 Å². The van der Waals surface area contributed by atoms with E-state index in [0.717, 1.165) is 35.1 Å². The van der Waals surface area contributed by atoms with Gasteiger partial charge in [0.2, 0.25) is 5.91 Å². The van der Waals surface area contributed by atoms with Crippen molar-refractivity contribution in [2.24, 2.45) is 16.6 Å². The topological polar surface area (TPSA) is 144 Å². The van der Waals surface area contributed by atoms with Crippen LogP contribution < -0.4 is 5.73 Å². The number of hydrogen-bond donors (Lipinski definition) is 4. The Hall–Kier alpha value is -3.55. The van der Waals surface area contributed by atoms with Crippen LogP contribution in [0.2, 0.25) is 0 Å². The van der Waals surface area contributed by atoms with E-state index in [2.05, 4.69) is 4.99 Å². The fourth-order valence-electron chi connectivity index (χ4n) is 3.66. The molecule has 2 rings (SSSR count). The van der Waals surface area contributed by atoms with Crippen molar-refractivity contribution in [2.45, 2.75) is 66.5 Å². The Morgan fingerprint density at radius 2 is 1.63 bits per heavy atom. The van der Waals surface area contributed by atoms with Crippen LogP contribution in [0.4, 0.5) is 0 Å². The van der Waals surface area contributed by atoms with Gasteiger partial charge in [-0.2, -0.15) is 0 Å². The Morgan fingerprint density at radius 3 is 2.11 bits per heavy atom. The number of aliphatic imine (C=N–C) groups is 1. The molecule has 2 aromatic rings. The van der Waals surface area contributed by atoms with Gasteiger partial charge in [0.1, 0.15) is 11.9 Å².